The Kier molecular flexibility index (Phi) is 7.38. The SMILES string of the molecule is CC1=C(Cc2ccccc2Nc2cccc(C(F)(F)F)c2)c2cc(F)ccc2/C1=C/c1ccc([S+](C)[O-])cc1. The molecular formula is C32H25F4NOS. The number of halogens is 4. The molecule has 7 heteroatoms. The number of anilines is 2. The van der Waals surface area contributed by atoms with Gasteiger partial charge in [0.2, 0.25) is 0 Å². The molecule has 1 aliphatic carbocycles. The van der Waals surface area contributed by atoms with Crippen molar-refractivity contribution in [2.24, 2.45) is 0 Å². The summed E-state index contributed by atoms with van der Waals surface area (Å²) in [6.07, 6.45) is -0.314. The van der Waals surface area contributed by atoms with Gasteiger partial charge in [-0.05, 0) is 124 Å². The van der Waals surface area contributed by atoms with Crippen molar-refractivity contribution in [1.82, 2.24) is 0 Å². The van der Waals surface area contributed by atoms with Gasteiger partial charge in [-0.1, -0.05) is 30.3 Å². The Morgan fingerprint density at radius 2 is 1.62 bits per heavy atom. The summed E-state index contributed by atoms with van der Waals surface area (Å²) in [5.74, 6) is -0.342. The van der Waals surface area contributed by atoms with E-state index in [0.29, 0.717) is 17.8 Å². The van der Waals surface area contributed by atoms with Gasteiger partial charge in [0.15, 0.2) is 4.90 Å². The Balaban J connectivity index is 1.52. The molecule has 4 aromatic rings. The van der Waals surface area contributed by atoms with Crippen molar-refractivity contribution in [2.75, 3.05) is 11.6 Å². The maximum absolute atomic E-state index is 14.4. The van der Waals surface area contributed by atoms with Gasteiger partial charge in [-0.15, -0.1) is 0 Å². The van der Waals surface area contributed by atoms with Crippen LogP contribution in [0.5, 0.6) is 0 Å². The first-order chi connectivity index (χ1) is 18.6. The van der Waals surface area contributed by atoms with E-state index in [2.05, 4.69) is 5.32 Å². The molecule has 0 amide bonds. The highest BCUT2D eigenvalue weighted by Crippen LogP contribution is 2.44. The maximum atomic E-state index is 14.4. The van der Waals surface area contributed by atoms with E-state index in [9.17, 15) is 22.1 Å². The zero-order chi connectivity index (χ0) is 27.7. The minimum atomic E-state index is -4.44. The topological polar surface area (TPSA) is 35.1 Å². The van der Waals surface area contributed by atoms with Crippen LogP contribution in [0, 0.1) is 5.82 Å². The number of hydrogen-bond donors (Lipinski definition) is 1. The molecule has 2 nitrogen and oxygen atoms in total. The number of para-hydroxylation sites is 1. The Morgan fingerprint density at radius 1 is 0.872 bits per heavy atom. The number of benzene rings is 4. The molecule has 1 atom stereocenters. The summed E-state index contributed by atoms with van der Waals surface area (Å²) in [7, 11) is 0. The van der Waals surface area contributed by atoms with Crippen molar-refractivity contribution in [3.8, 4) is 0 Å². The Bertz CT molecular complexity index is 1590. The van der Waals surface area contributed by atoms with Crippen molar-refractivity contribution in [3.05, 3.63) is 130 Å². The minimum Gasteiger partial charge on any atom is -0.612 e. The van der Waals surface area contributed by atoms with Crippen molar-refractivity contribution < 1.29 is 22.1 Å². The molecule has 198 valence electrons. The molecule has 0 radical (unpaired) electrons. The summed E-state index contributed by atoms with van der Waals surface area (Å²) < 4.78 is 65.9. The van der Waals surface area contributed by atoms with Gasteiger partial charge >= 0.3 is 6.18 Å². The predicted molar refractivity (Wildman–Crippen MR) is 151 cm³/mol. The number of fused-ring (bicyclic) bond motifs is 1. The molecule has 0 spiro atoms. The van der Waals surface area contributed by atoms with Gasteiger partial charge in [0, 0.05) is 17.8 Å². The summed E-state index contributed by atoms with van der Waals surface area (Å²) in [4.78, 5) is 0.740. The Hall–Kier alpha value is -3.81. The summed E-state index contributed by atoms with van der Waals surface area (Å²) in [6.45, 7) is 2.00. The van der Waals surface area contributed by atoms with E-state index in [1.165, 1.54) is 18.2 Å². The molecular weight excluding hydrogens is 522 g/mol. The van der Waals surface area contributed by atoms with Gasteiger partial charge < -0.3 is 9.87 Å². The molecule has 0 bridgehead atoms. The van der Waals surface area contributed by atoms with Crippen LogP contribution in [0.4, 0.5) is 28.9 Å². The van der Waals surface area contributed by atoms with E-state index in [-0.39, 0.29) is 5.82 Å². The largest absolute Gasteiger partial charge is 0.612 e. The van der Waals surface area contributed by atoms with Crippen molar-refractivity contribution >= 4 is 39.8 Å². The molecule has 0 saturated carbocycles. The molecule has 1 N–H and O–H groups in total. The minimum absolute atomic E-state index is 0.331. The van der Waals surface area contributed by atoms with E-state index in [0.717, 1.165) is 56.0 Å². The van der Waals surface area contributed by atoms with Gasteiger partial charge in [0.05, 0.1) is 5.56 Å². The number of hydrogen-bond acceptors (Lipinski definition) is 2. The van der Waals surface area contributed by atoms with Crippen molar-refractivity contribution in [1.29, 1.82) is 0 Å². The number of alkyl halides is 3. The second-order valence-electron chi connectivity index (χ2n) is 9.41. The van der Waals surface area contributed by atoms with E-state index in [4.69, 9.17) is 0 Å². The standard InChI is InChI=1S/C32H25F4NOS/c1-20-28(16-21-10-13-26(14-11-21)39(2)38)27-15-12-24(33)19-30(27)29(20)17-22-6-3-4-9-31(22)37-25-8-5-7-23(18-25)32(34,35)36/h3-16,18-19,37H,17H2,1-2H3/b28-16+. The van der Waals surface area contributed by atoms with Gasteiger partial charge in [-0.2, -0.15) is 13.2 Å². The van der Waals surface area contributed by atoms with E-state index >= 15 is 0 Å². The molecule has 0 aliphatic heterocycles. The van der Waals surface area contributed by atoms with Crippen LogP contribution in [-0.4, -0.2) is 10.8 Å². The monoisotopic (exact) mass is 547 g/mol. The van der Waals surface area contributed by atoms with Crippen LogP contribution >= 0.6 is 0 Å². The third kappa shape index (κ3) is 5.79. The summed E-state index contributed by atoms with van der Waals surface area (Å²) in [5, 5.41) is 3.14. The average Bonchev–Trinajstić information content (AvgIpc) is 3.15. The van der Waals surface area contributed by atoms with Crippen LogP contribution in [0.3, 0.4) is 0 Å². The van der Waals surface area contributed by atoms with Crippen molar-refractivity contribution in [3.63, 3.8) is 0 Å². The molecule has 1 unspecified atom stereocenters. The lowest BCUT2D eigenvalue weighted by atomic mass is 9.96. The summed E-state index contributed by atoms with van der Waals surface area (Å²) in [5.41, 5.74) is 6.69. The summed E-state index contributed by atoms with van der Waals surface area (Å²) in [6, 6.07) is 24.8. The van der Waals surface area contributed by atoms with Crippen LogP contribution in [-0.2, 0) is 23.8 Å². The molecule has 0 heterocycles. The second-order valence-corrected chi connectivity index (χ2v) is 10.8. The van der Waals surface area contributed by atoms with Crippen molar-refractivity contribution in [2.45, 2.75) is 24.4 Å². The fraction of sp³-hybridized carbons (Fsp3) is 0.125. The fourth-order valence-electron chi connectivity index (χ4n) is 4.82. The molecule has 0 aromatic heterocycles. The highest BCUT2D eigenvalue weighted by molar-refractivity contribution is 7.90. The highest BCUT2D eigenvalue weighted by Gasteiger charge is 2.30. The molecule has 4 aromatic carbocycles. The van der Waals surface area contributed by atoms with E-state index in [1.807, 2.05) is 61.5 Å². The van der Waals surface area contributed by atoms with Crippen LogP contribution in [0.15, 0.2) is 101 Å². The van der Waals surface area contributed by atoms with Crippen LogP contribution < -0.4 is 5.32 Å². The number of nitrogens with one attached hydrogen (secondary N) is 1. The van der Waals surface area contributed by atoms with Crippen LogP contribution in [0.1, 0.15) is 34.7 Å². The smallest absolute Gasteiger partial charge is 0.416 e. The fourth-order valence-corrected chi connectivity index (χ4v) is 5.34. The molecule has 0 saturated heterocycles. The third-order valence-electron chi connectivity index (χ3n) is 6.83. The average molecular weight is 548 g/mol. The third-order valence-corrected chi connectivity index (χ3v) is 7.77. The lowest BCUT2D eigenvalue weighted by molar-refractivity contribution is -0.137. The summed E-state index contributed by atoms with van der Waals surface area (Å²) >= 11 is -1.07. The molecule has 5 rings (SSSR count). The van der Waals surface area contributed by atoms with E-state index < -0.39 is 22.9 Å². The molecule has 1 aliphatic rings. The normalized spacial score (nSPS) is 15.0. The molecule has 0 fully saturated rings. The van der Waals surface area contributed by atoms with Crippen LogP contribution in [0.25, 0.3) is 17.2 Å². The van der Waals surface area contributed by atoms with Crippen LogP contribution in [0.2, 0.25) is 0 Å². The Labute approximate surface area is 227 Å². The quantitative estimate of drug-likeness (QED) is 0.193. The highest BCUT2D eigenvalue weighted by atomic mass is 32.2. The van der Waals surface area contributed by atoms with Gasteiger partial charge in [-0.25, -0.2) is 4.39 Å². The number of rotatable bonds is 6. The van der Waals surface area contributed by atoms with Gasteiger partial charge in [-0.3, -0.25) is 0 Å². The lowest BCUT2D eigenvalue weighted by Gasteiger charge is -2.15. The first-order valence-corrected chi connectivity index (χ1v) is 13.8. The Morgan fingerprint density at radius 3 is 2.33 bits per heavy atom. The maximum Gasteiger partial charge on any atom is 0.416 e. The molecule has 39 heavy (non-hydrogen) atoms. The van der Waals surface area contributed by atoms with Gasteiger partial charge in [0.25, 0.3) is 0 Å². The second kappa shape index (κ2) is 10.8. The van der Waals surface area contributed by atoms with E-state index in [1.54, 1.807) is 18.4 Å². The van der Waals surface area contributed by atoms with Gasteiger partial charge in [0.1, 0.15) is 12.1 Å². The zero-order valence-corrected chi connectivity index (χ0v) is 22.1. The number of allylic oxidation sites excluding steroid dienone is 3. The lowest BCUT2D eigenvalue weighted by Crippen LogP contribution is -2.05. The zero-order valence-electron chi connectivity index (χ0n) is 21.3. The predicted octanol–water partition coefficient (Wildman–Crippen LogP) is 8.90. The first-order valence-electron chi connectivity index (χ1n) is 12.3. The first kappa shape index (κ1) is 26.8.